The third kappa shape index (κ3) is 2.94. The number of benzene rings is 1. The molecule has 0 radical (unpaired) electrons. The van der Waals surface area contributed by atoms with Gasteiger partial charge in [-0.05, 0) is 25.0 Å². The lowest BCUT2D eigenvalue weighted by molar-refractivity contribution is 0.609. The first-order chi connectivity index (χ1) is 8.80. The lowest BCUT2D eigenvalue weighted by Crippen LogP contribution is -2.03. The summed E-state index contributed by atoms with van der Waals surface area (Å²) < 4.78 is 24.3. The van der Waals surface area contributed by atoms with Crippen molar-refractivity contribution in [2.45, 2.75) is 25.3 Å². The number of aromatic nitrogens is 2. The van der Waals surface area contributed by atoms with Crippen molar-refractivity contribution in [1.29, 1.82) is 0 Å². The fourth-order valence-corrected chi connectivity index (χ4v) is 3.78. The molecule has 0 atom stereocenters. The maximum Gasteiger partial charge on any atom is 0.266 e. The molecule has 0 N–H and O–H groups in total. The normalized spacial score (nSPS) is 11.8. The van der Waals surface area contributed by atoms with Crippen LogP contribution in [0.1, 0.15) is 16.8 Å². The second-order valence-electron chi connectivity index (χ2n) is 4.23. The van der Waals surface area contributed by atoms with E-state index in [0.717, 1.165) is 11.1 Å². The average Bonchev–Trinajstić information content (AvgIpc) is 2.56. The van der Waals surface area contributed by atoms with Crippen LogP contribution in [-0.2, 0) is 15.6 Å². The van der Waals surface area contributed by atoms with Gasteiger partial charge in [0.25, 0.3) is 9.05 Å². The number of nitrogens with zero attached hydrogens (tertiary/aromatic N) is 2. The molecule has 0 aliphatic heterocycles. The van der Waals surface area contributed by atoms with Crippen molar-refractivity contribution < 1.29 is 8.42 Å². The van der Waals surface area contributed by atoms with Crippen molar-refractivity contribution in [3.8, 4) is 0 Å². The topological polar surface area (TPSA) is 52.0 Å². The third-order valence-electron chi connectivity index (χ3n) is 2.84. The molecule has 0 bridgehead atoms. The maximum atomic E-state index is 11.4. The first kappa shape index (κ1) is 14.4. The Kier molecular flexibility index (Phi) is 3.90. The molecule has 2 rings (SSSR count). The molecule has 0 spiro atoms. The molecular weight excluding hydrogens is 307 g/mol. The Morgan fingerprint density at radius 3 is 2.42 bits per heavy atom. The lowest BCUT2D eigenvalue weighted by atomic mass is 10.1. The fourth-order valence-electron chi connectivity index (χ4n) is 1.87. The van der Waals surface area contributed by atoms with E-state index in [2.05, 4.69) is 5.10 Å². The van der Waals surface area contributed by atoms with Gasteiger partial charge in [-0.1, -0.05) is 35.9 Å². The van der Waals surface area contributed by atoms with Crippen LogP contribution in [0.2, 0.25) is 5.15 Å². The molecule has 0 aliphatic carbocycles. The molecule has 1 aromatic heterocycles. The summed E-state index contributed by atoms with van der Waals surface area (Å²) >= 11 is 6.05. The summed E-state index contributed by atoms with van der Waals surface area (Å²) in [5, 5.41) is 4.17. The highest BCUT2D eigenvalue weighted by molar-refractivity contribution is 8.13. The SMILES string of the molecule is Cc1ccccc1Cn1nc(C)c(S(=O)(=O)Cl)c1Cl. The number of hydrogen-bond acceptors (Lipinski definition) is 3. The molecule has 0 unspecified atom stereocenters. The van der Waals surface area contributed by atoms with Crippen LogP contribution in [0, 0.1) is 13.8 Å². The van der Waals surface area contributed by atoms with Crippen LogP contribution in [-0.4, -0.2) is 18.2 Å². The van der Waals surface area contributed by atoms with E-state index in [1.807, 2.05) is 31.2 Å². The standard InChI is InChI=1S/C12H12Cl2N2O2S/c1-8-5-3-4-6-10(8)7-16-12(13)11(9(2)15-16)19(14,17)18/h3-6H,7H2,1-2H3. The molecule has 0 saturated carbocycles. The molecule has 0 saturated heterocycles. The van der Waals surface area contributed by atoms with Gasteiger partial charge in [-0.25, -0.2) is 13.1 Å². The van der Waals surface area contributed by atoms with E-state index in [9.17, 15) is 8.42 Å². The van der Waals surface area contributed by atoms with Gasteiger partial charge in [0.15, 0.2) is 0 Å². The van der Waals surface area contributed by atoms with Crippen molar-refractivity contribution >= 4 is 31.3 Å². The van der Waals surface area contributed by atoms with E-state index in [1.54, 1.807) is 6.92 Å². The first-order valence-electron chi connectivity index (χ1n) is 5.53. The van der Waals surface area contributed by atoms with Crippen molar-refractivity contribution in [3.63, 3.8) is 0 Å². The summed E-state index contributed by atoms with van der Waals surface area (Å²) in [6.45, 7) is 3.94. The lowest BCUT2D eigenvalue weighted by Gasteiger charge is -2.06. The molecule has 19 heavy (non-hydrogen) atoms. The number of halogens is 2. The Hall–Kier alpha value is -1.04. The van der Waals surface area contributed by atoms with Crippen molar-refractivity contribution in [2.24, 2.45) is 0 Å². The highest BCUT2D eigenvalue weighted by Crippen LogP contribution is 2.28. The summed E-state index contributed by atoms with van der Waals surface area (Å²) in [6, 6.07) is 7.76. The molecule has 0 aliphatic rings. The van der Waals surface area contributed by atoms with Crippen LogP contribution in [0.25, 0.3) is 0 Å². The molecule has 0 fully saturated rings. The van der Waals surface area contributed by atoms with E-state index >= 15 is 0 Å². The third-order valence-corrected chi connectivity index (χ3v) is 4.77. The van der Waals surface area contributed by atoms with Crippen molar-refractivity contribution in [1.82, 2.24) is 9.78 Å². The maximum absolute atomic E-state index is 11.4. The van der Waals surface area contributed by atoms with Crippen LogP contribution in [0.5, 0.6) is 0 Å². The smallest absolute Gasteiger partial charge is 0.248 e. The van der Waals surface area contributed by atoms with E-state index in [1.165, 1.54) is 4.68 Å². The molecular formula is C12H12Cl2N2O2S. The summed E-state index contributed by atoms with van der Waals surface area (Å²) in [5.41, 5.74) is 2.40. The summed E-state index contributed by atoms with van der Waals surface area (Å²) in [4.78, 5) is -0.121. The number of rotatable bonds is 3. The van der Waals surface area contributed by atoms with E-state index in [0.29, 0.717) is 12.2 Å². The van der Waals surface area contributed by atoms with Gasteiger partial charge in [0.2, 0.25) is 0 Å². The van der Waals surface area contributed by atoms with Crippen LogP contribution >= 0.6 is 22.3 Å². The fraction of sp³-hybridized carbons (Fsp3) is 0.250. The van der Waals surface area contributed by atoms with Crippen LogP contribution in [0.3, 0.4) is 0 Å². The molecule has 4 nitrogen and oxygen atoms in total. The predicted molar refractivity (Wildman–Crippen MR) is 75.3 cm³/mol. The molecule has 1 heterocycles. The van der Waals surface area contributed by atoms with Gasteiger partial charge in [-0.3, -0.25) is 0 Å². The van der Waals surface area contributed by atoms with E-state index < -0.39 is 9.05 Å². The van der Waals surface area contributed by atoms with Crippen LogP contribution in [0.4, 0.5) is 0 Å². The zero-order valence-electron chi connectivity index (χ0n) is 10.4. The van der Waals surface area contributed by atoms with Gasteiger partial charge in [-0.2, -0.15) is 5.10 Å². The highest BCUT2D eigenvalue weighted by Gasteiger charge is 2.24. The van der Waals surface area contributed by atoms with Crippen molar-refractivity contribution in [2.75, 3.05) is 0 Å². The summed E-state index contributed by atoms with van der Waals surface area (Å²) in [5.74, 6) is 0. The van der Waals surface area contributed by atoms with E-state index in [-0.39, 0.29) is 10.0 Å². The predicted octanol–water partition coefficient (Wildman–Crippen LogP) is 3.13. The minimum absolute atomic E-state index is 0.0377. The minimum Gasteiger partial charge on any atom is -0.248 e. The zero-order chi connectivity index (χ0) is 14.2. The molecule has 1 aromatic carbocycles. The second kappa shape index (κ2) is 5.15. The largest absolute Gasteiger partial charge is 0.266 e. The molecule has 7 heteroatoms. The van der Waals surface area contributed by atoms with Crippen LogP contribution < -0.4 is 0 Å². The number of hydrogen-bond donors (Lipinski definition) is 0. The Morgan fingerprint density at radius 2 is 1.89 bits per heavy atom. The minimum atomic E-state index is -3.89. The number of aryl methyl sites for hydroxylation is 2. The van der Waals surface area contributed by atoms with Crippen LogP contribution in [0.15, 0.2) is 29.2 Å². The first-order valence-corrected chi connectivity index (χ1v) is 8.21. The summed E-state index contributed by atoms with van der Waals surface area (Å²) in [7, 11) is 1.46. The Bertz CT molecular complexity index is 723. The monoisotopic (exact) mass is 318 g/mol. The second-order valence-corrected chi connectivity index (χ2v) is 7.09. The zero-order valence-corrected chi connectivity index (χ0v) is 12.7. The quantitative estimate of drug-likeness (QED) is 0.817. The summed E-state index contributed by atoms with van der Waals surface area (Å²) in [6.07, 6.45) is 0. The van der Waals surface area contributed by atoms with E-state index in [4.69, 9.17) is 22.3 Å². The van der Waals surface area contributed by atoms with Gasteiger partial charge in [0.05, 0.1) is 12.2 Å². The van der Waals surface area contributed by atoms with Gasteiger partial charge < -0.3 is 0 Å². The molecule has 0 amide bonds. The highest BCUT2D eigenvalue weighted by atomic mass is 35.7. The molecule has 102 valence electrons. The Balaban J connectivity index is 2.47. The van der Waals surface area contributed by atoms with Gasteiger partial charge in [0, 0.05) is 10.7 Å². The van der Waals surface area contributed by atoms with Gasteiger partial charge in [0.1, 0.15) is 10.0 Å². The Labute approximate surface area is 121 Å². The Morgan fingerprint density at radius 1 is 1.26 bits per heavy atom. The molecule has 2 aromatic rings. The van der Waals surface area contributed by atoms with Gasteiger partial charge in [-0.15, -0.1) is 0 Å². The average molecular weight is 319 g/mol. The van der Waals surface area contributed by atoms with Gasteiger partial charge >= 0.3 is 0 Å². The van der Waals surface area contributed by atoms with Crippen molar-refractivity contribution in [3.05, 3.63) is 46.2 Å².